The maximum atomic E-state index is 12.7. The molecule has 0 saturated heterocycles. The molecule has 0 saturated carbocycles. The Morgan fingerprint density at radius 1 is 1.03 bits per heavy atom. The molecule has 3 aromatic rings. The fourth-order valence-electron chi connectivity index (χ4n) is 2.97. The molecule has 0 radical (unpaired) electrons. The summed E-state index contributed by atoms with van der Waals surface area (Å²) < 4.78 is 11.0. The van der Waals surface area contributed by atoms with Gasteiger partial charge in [-0.15, -0.1) is 0 Å². The minimum absolute atomic E-state index is 0.211. The summed E-state index contributed by atoms with van der Waals surface area (Å²) in [5, 5.41) is 2.91. The van der Waals surface area contributed by atoms with Crippen LogP contribution in [0.5, 0.6) is 11.5 Å². The number of hydrogen-bond acceptors (Lipinski definition) is 4. The molecule has 0 aliphatic heterocycles. The Labute approximate surface area is 171 Å². The lowest BCUT2D eigenvalue weighted by Gasteiger charge is -2.11. The molecular formula is C24H26N2O3. The topological polar surface area (TPSA) is 60.5 Å². The molecule has 150 valence electrons. The minimum atomic E-state index is -0.211. The van der Waals surface area contributed by atoms with E-state index in [4.69, 9.17) is 9.47 Å². The van der Waals surface area contributed by atoms with Gasteiger partial charge in [0.25, 0.3) is 5.91 Å². The maximum Gasteiger partial charge on any atom is 0.257 e. The number of amides is 1. The third-order valence-corrected chi connectivity index (χ3v) is 4.55. The van der Waals surface area contributed by atoms with Crippen LogP contribution in [0, 0.1) is 6.92 Å². The molecule has 29 heavy (non-hydrogen) atoms. The van der Waals surface area contributed by atoms with Crippen LogP contribution in [-0.2, 0) is 11.3 Å². The summed E-state index contributed by atoms with van der Waals surface area (Å²) in [5.41, 5.74) is 3.90. The molecule has 0 bridgehead atoms. The van der Waals surface area contributed by atoms with Gasteiger partial charge in [-0.3, -0.25) is 9.78 Å². The summed E-state index contributed by atoms with van der Waals surface area (Å²) in [6, 6.07) is 18.9. The minimum Gasteiger partial charge on any atom is -0.457 e. The summed E-state index contributed by atoms with van der Waals surface area (Å²) in [4.78, 5) is 17.1. The van der Waals surface area contributed by atoms with Crippen LogP contribution >= 0.6 is 0 Å². The van der Waals surface area contributed by atoms with Crippen molar-refractivity contribution in [1.82, 2.24) is 4.98 Å². The third-order valence-electron chi connectivity index (χ3n) is 4.55. The SMILES string of the molecule is COCc1ccc(C(=O)Nc2cccc(Oc3ccc(C(C)C)cc3)c2)c(C)n1. The number of hydrogen-bond donors (Lipinski definition) is 1. The van der Waals surface area contributed by atoms with Crippen molar-refractivity contribution in [1.29, 1.82) is 0 Å². The predicted octanol–water partition coefficient (Wildman–Crippen LogP) is 5.70. The van der Waals surface area contributed by atoms with Crippen LogP contribution in [0.3, 0.4) is 0 Å². The monoisotopic (exact) mass is 390 g/mol. The molecule has 1 aromatic heterocycles. The van der Waals surface area contributed by atoms with Crippen LogP contribution in [0.1, 0.15) is 47.1 Å². The average molecular weight is 390 g/mol. The number of methoxy groups -OCH3 is 1. The molecule has 5 nitrogen and oxygen atoms in total. The molecule has 1 N–H and O–H groups in total. The molecule has 0 spiro atoms. The van der Waals surface area contributed by atoms with Gasteiger partial charge in [-0.25, -0.2) is 0 Å². The van der Waals surface area contributed by atoms with Crippen LogP contribution in [-0.4, -0.2) is 18.0 Å². The van der Waals surface area contributed by atoms with E-state index in [1.54, 1.807) is 25.3 Å². The lowest BCUT2D eigenvalue weighted by Crippen LogP contribution is -2.14. The standard InChI is InChI=1S/C24H26N2O3/c1-16(2)18-8-11-21(12-9-18)29-22-7-5-6-19(14-22)26-24(27)23-13-10-20(15-28-4)25-17(23)3/h5-14,16H,15H2,1-4H3,(H,26,27). The molecule has 2 aromatic carbocycles. The van der Waals surface area contributed by atoms with Gasteiger partial charge < -0.3 is 14.8 Å². The van der Waals surface area contributed by atoms with Gasteiger partial charge >= 0.3 is 0 Å². The molecule has 1 amide bonds. The molecule has 0 aliphatic rings. The van der Waals surface area contributed by atoms with Gasteiger partial charge in [0.1, 0.15) is 11.5 Å². The number of carbonyl (C=O) groups is 1. The van der Waals surface area contributed by atoms with E-state index in [0.717, 1.165) is 11.4 Å². The molecular weight excluding hydrogens is 364 g/mol. The summed E-state index contributed by atoms with van der Waals surface area (Å²) in [6.07, 6.45) is 0. The highest BCUT2D eigenvalue weighted by Crippen LogP contribution is 2.26. The number of aromatic nitrogens is 1. The first-order valence-electron chi connectivity index (χ1n) is 9.61. The van der Waals surface area contributed by atoms with Crippen molar-refractivity contribution in [3.63, 3.8) is 0 Å². The number of ether oxygens (including phenoxy) is 2. The van der Waals surface area contributed by atoms with E-state index in [-0.39, 0.29) is 5.91 Å². The highest BCUT2D eigenvalue weighted by molar-refractivity contribution is 6.05. The average Bonchev–Trinajstić information content (AvgIpc) is 2.69. The zero-order valence-electron chi connectivity index (χ0n) is 17.2. The second kappa shape index (κ2) is 9.34. The summed E-state index contributed by atoms with van der Waals surface area (Å²) in [5.74, 6) is 1.68. The highest BCUT2D eigenvalue weighted by Gasteiger charge is 2.12. The number of anilines is 1. The van der Waals surface area contributed by atoms with Gasteiger partial charge in [0, 0.05) is 18.9 Å². The van der Waals surface area contributed by atoms with Crippen molar-refractivity contribution in [2.24, 2.45) is 0 Å². The fourth-order valence-corrected chi connectivity index (χ4v) is 2.97. The zero-order chi connectivity index (χ0) is 20.8. The van der Waals surface area contributed by atoms with Crippen molar-refractivity contribution >= 4 is 11.6 Å². The Kier molecular flexibility index (Phi) is 6.62. The highest BCUT2D eigenvalue weighted by atomic mass is 16.5. The summed E-state index contributed by atoms with van der Waals surface area (Å²) in [6.45, 7) is 6.55. The van der Waals surface area contributed by atoms with Crippen molar-refractivity contribution in [3.05, 3.63) is 83.2 Å². The number of nitrogens with one attached hydrogen (secondary N) is 1. The lowest BCUT2D eigenvalue weighted by molar-refractivity contribution is 0.102. The van der Waals surface area contributed by atoms with E-state index < -0.39 is 0 Å². The Bertz CT molecular complexity index is 982. The van der Waals surface area contributed by atoms with Crippen molar-refractivity contribution < 1.29 is 14.3 Å². The van der Waals surface area contributed by atoms with Gasteiger partial charge in [-0.1, -0.05) is 32.0 Å². The Morgan fingerprint density at radius 3 is 2.45 bits per heavy atom. The van der Waals surface area contributed by atoms with Gasteiger partial charge in [-0.05, 0) is 54.8 Å². The molecule has 1 heterocycles. The van der Waals surface area contributed by atoms with Crippen molar-refractivity contribution in [2.75, 3.05) is 12.4 Å². The van der Waals surface area contributed by atoms with Crippen molar-refractivity contribution in [3.8, 4) is 11.5 Å². The van der Waals surface area contributed by atoms with Gasteiger partial charge in [0.2, 0.25) is 0 Å². The number of aryl methyl sites for hydroxylation is 1. The maximum absolute atomic E-state index is 12.7. The van der Waals surface area contributed by atoms with Gasteiger partial charge in [-0.2, -0.15) is 0 Å². The van der Waals surface area contributed by atoms with E-state index >= 15 is 0 Å². The summed E-state index contributed by atoms with van der Waals surface area (Å²) >= 11 is 0. The Hall–Kier alpha value is -3.18. The van der Waals surface area contributed by atoms with E-state index in [2.05, 4.69) is 36.3 Å². The van der Waals surface area contributed by atoms with E-state index in [9.17, 15) is 4.79 Å². The largest absolute Gasteiger partial charge is 0.457 e. The number of rotatable bonds is 7. The number of carbonyl (C=O) groups excluding carboxylic acids is 1. The first-order valence-corrected chi connectivity index (χ1v) is 9.61. The van der Waals surface area contributed by atoms with E-state index in [1.807, 2.05) is 37.3 Å². The van der Waals surface area contributed by atoms with Crippen LogP contribution in [0.4, 0.5) is 5.69 Å². The zero-order valence-corrected chi connectivity index (χ0v) is 17.2. The first-order chi connectivity index (χ1) is 14.0. The molecule has 3 rings (SSSR count). The quantitative estimate of drug-likeness (QED) is 0.562. The molecule has 0 unspecified atom stereocenters. The van der Waals surface area contributed by atoms with Crippen LogP contribution < -0.4 is 10.1 Å². The van der Waals surface area contributed by atoms with Crippen LogP contribution in [0.2, 0.25) is 0 Å². The van der Waals surface area contributed by atoms with Crippen LogP contribution in [0.25, 0.3) is 0 Å². The van der Waals surface area contributed by atoms with E-state index in [1.165, 1.54) is 5.56 Å². The van der Waals surface area contributed by atoms with Gasteiger partial charge in [0.15, 0.2) is 0 Å². The number of nitrogens with zero attached hydrogens (tertiary/aromatic N) is 1. The lowest BCUT2D eigenvalue weighted by atomic mass is 10.0. The van der Waals surface area contributed by atoms with E-state index in [0.29, 0.717) is 35.2 Å². The third kappa shape index (κ3) is 5.42. The normalized spacial score (nSPS) is 10.8. The Balaban J connectivity index is 1.70. The second-order valence-corrected chi connectivity index (χ2v) is 7.18. The van der Waals surface area contributed by atoms with Crippen molar-refractivity contribution in [2.45, 2.75) is 33.3 Å². The smallest absolute Gasteiger partial charge is 0.257 e. The molecule has 0 aliphatic carbocycles. The Morgan fingerprint density at radius 2 is 1.79 bits per heavy atom. The molecule has 0 fully saturated rings. The summed E-state index contributed by atoms with van der Waals surface area (Å²) in [7, 11) is 1.62. The molecule has 0 atom stereocenters. The predicted molar refractivity (Wildman–Crippen MR) is 115 cm³/mol. The number of pyridine rings is 1. The molecule has 5 heteroatoms. The number of benzene rings is 2. The second-order valence-electron chi connectivity index (χ2n) is 7.18. The first kappa shape index (κ1) is 20.6. The van der Waals surface area contributed by atoms with Gasteiger partial charge in [0.05, 0.1) is 23.6 Å². The fraction of sp³-hybridized carbons (Fsp3) is 0.250. The van der Waals surface area contributed by atoms with Crippen LogP contribution in [0.15, 0.2) is 60.7 Å².